The first kappa shape index (κ1) is 8.02. The second-order valence-electron chi connectivity index (χ2n) is 5.23. The van der Waals surface area contributed by atoms with Gasteiger partial charge in [-0.1, -0.05) is 12.8 Å². The Hall–Kier alpha value is -0.330. The Kier molecular flexibility index (Phi) is 1.75. The predicted octanol–water partition coefficient (Wildman–Crippen LogP) is 2.79. The molecule has 0 aliphatic heterocycles. The van der Waals surface area contributed by atoms with Crippen LogP contribution in [-0.2, 0) is 4.79 Å². The van der Waals surface area contributed by atoms with Crippen molar-refractivity contribution in [1.29, 1.82) is 0 Å². The van der Waals surface area contributed by atoms with Crippen molar-refractivity contribution in [2.75, 3.05) is 0 Å². The van der Waals surface area contributed by atoms with E-state index in [1.54, 1.807) is 0 Å². The zero-order valence-corrected chi connectivity index (χ0v) is 8.17. The summed E-state index contributed by atoms with van der Waals surface area (Å²) in [6.45, 7) is 0. The van der Waals surface area contributed by atoms with Gasteiger partial charge in [-0.2, -0.15) is 0 Å². The molecule has 0 aromatic carbocycles. The Morgan fingerprint density at radius 3 is 2.62 bits per heavy atom. The summed E-state index contributed by atoms with van der Waals surface area (Å²) in [6.07, 6.45) is 9.00. The van der Waals surface area contributed by atoms with Crippen molar-refractivity contribution in [2.45, 2.75) is 44.9 Å². The molecule has 0 radical (unpaired) electrons. The van der Waals surface area contributed by atoms with E-state index in [9.17, 15) is 4.79 Å². The van der Waals surface area contributed by atoms with Crippen molar-refractivity contribution >= 4 is 5.78 Å². The van der Waals surface area contributed by atoms with Gasteiger partial charge in [0.2, 0.25) is 0 Å². The molecular weight excluding hydrogens is 160 g/mol. The van der Waals surface area contributed by atoms with Crippen molar-refractivity contribution in [3.05, 3.63) is 0 Å². The summed E-state index contributed by atoms with van der Waals surface area (Å²) in [5, 5.41) is 0. The summed E-state index contributed by atoms with van der Waals surface area (Å²) < 4.78 is 0. The molecule has 0 aromatic heterocycles. The first-order chi connectivity index (χ1) is 6.36. The highest BCUT2D eigenvalue weighted by atomic mass is 16.1. The lowest BCUT2D eigenvalue weighted by Crippen LogP contribution is -2.35. The van der Waals surface area contributed by atoms with E-state index in [0.717, 1.165) is 24.2 Å². The zero-order chi connectivity index (χ0) is 8.84. The summed E-state index contributed by atoms with van der Waals surface area (Å²) in [4.78, 5) is 11.8. The molecule has 1 heteroatoms. The normalized spacial score (nSPS) is 49.1. The van der Waals surface area contributed by atoms with Crippen LogP contribution in [0.4, 0.5) is 0 Å². The van der Waals surface area contributed by atoms with Gasteiger partial charge in [0, 0.05) is 12.3 Å². The van der Waals surface area contributed by atoms with Crippen LogP contribution in [0.3, 0.4) is 0 Å². The first-order valence-electron chi connectivity index (χ1n) is 5.89. The molecule has 13 heavy (non-hydrogen) atoms. The van der Waals surface area contributed by atoms with Gasteiger partial charge in [0.05, 0.1) is 0 Å². The summed E-state index contributed by atoms with van der Waals surface area (Å²) >= 11 is 0. The van der Waals surface area contributed by atoms with Crippen molar-refractivity contribution in [3.63, 3.8) is 0 Å². The van der Waals surface area contributed by atoms with Gasteiger partial charge in [-0.05, 0) is 43.4 Å². The van der Waals surface area contributed by atoms with E-state index in [1.807, 2.05) is 0 Å². The van der Waals surface area contributed by atoms with Gasteiger partial charge >= 0.3 is 0 Å². The molecule has 0 saturated heterocycles. The number of rotatable bonds is 0. The predicted molar refractivity (Wildman–Crippen MR) is 51.3 cm³/mol. The third kappa shape index (κ3) is 1.09. The van der Waals surface area contributed by atoms with Crippen molar-refractivity contribution < 1.29 is 4.79 Å². The number of hydrogen-bond acceptors (Lipinski definition) is 1. The molecule has 3 saturated carbocycles. The van der Waals surface area contributed by atoms with Crippen molar-refractivity contribution in [1.82, 2.24) is 0 Å². The van der Waals surface area contributed by atoms with Gasteiger partial charge in [0.25, 0.3) is 0 Å². The van der Waals surface area contributed by atoms with E-state index in [1.165, 1.54) is 38.5 Å². The molecule has 0 unspecified atom stereocenters. The number of hydrogen-bond donors (Lipinski definition) is 0. The van der Waals surface area contributed by atoms with E-state index in [0.29, 0.717) is 11.7 Å². The van der Waals surface area contributed by atoms with Gasteiger partial charge in [0.15, 0.2) is 0 Å². The van der Waals surface area contributed by atoms with Gasteiger partial charge < -0.3 is 0 Å². The fourth-order valence-electron chi connectivity index (χ4n) is 4.19. The summed E-state index contributed by atoms with van der Waals surface area (Å²) in [5.41, 5.74) is 0. The molecular formula is C12H18O. The molecule has 72 valence electrons. The van der Waals surface area contributed by atoms with E-state index < -0.39 is 0 Å². The summed E-state index contributed by atoms with van der Waals surface area (Å²) in [5.74, 6) is 3.68. The van der Waals surface area contributed by atoms with Crippen LogP contribution in [0.25, 0.3) is 0 Å². The van der Waals surface area contributed by atoms with Crippen molar-refractivity contribution in [3.8, 4) is 0 Å². The molecule has 0 amide bonds. The topological polar surface area (TPSA) is 17.1 Å². The second-order valence-corrected chi connectivity index (χ2v) is 5.23. The van der Waals surface area contributed by atoms with Crippen LogP contribution in [0, 0.1) is 23.7 Å². The quantitative estimate of drug-likeness (QED) is 0.557. The Morgan fingerprint density at radius 2 is 1.69 bits per heavy atom. The molecule has 1 nitrogen and oxygen atoms in total. The molecule has 0 heterocycles. The van der Waals surface area contributed by atoms with E-state index in [2.05, 4.69) is 0 Å². The molecule has 4 atom stereocenters. The lowest BCUT2D eigenvalue weighted by atomic mass is 9.69. The molecule has 0 bridgehead atoms. The van der Waals surface area contributed by atoms with Crippen LogP contribution in [-0.4, -0.2) is 5.78 Å². The molecule has 0 aromatic rings. The van der Waals surface area contributed by atoms with E-state index in [4.69, 9.17) is 0 Å². The van der Waals surface area contributed by atoms with Gasteiger partial charge in [-0.3, -0.25) is 4.79 Å². The fourth-order valence-corrected chi connectivity index (χ4v) is 4.19. The molecule has 3 aliphatic carbocycles. The number of fused-ring (bicyclic) bond motifs is 3. The Balaban J connectivity index is 1.88. The average Bonchev–Trinajstić information content (AvgIpc) is 2.66. The Bertz CT molecular complexity index is 233. The van der Waals surface area contributed by atoms with Gasteiger partial charge in [0.1, 0.15) is 5.78 Å². The third-order valence-corrected chi connectivity index (χ3v) is 4.71. The monoisotopic (exact) mass is 178 g/mol. The van der Waals surface area contributed by atoms with Crippen LogP contribution < -0.4 is 0 Å². The standard InChI is InChI=1S/C12H18O/c13-12-7-8-3-1-4-9(8)10-5-2-6-11(10)12/h8-11H,1-7H2/t8-,9-,10-,11+/m1/s1. The fraction of sp³-hybridized carbons (Fsp3) is 0.917. The number of carbonyl (C=O) groups excluding carboxylic acids is 1. The van der Waals surface area contributed by atoms with Gasteiger partial charge in [-0.25, -0.2) is 0 Å². The summed E-state index contributed by atoms with van der Waals surface area (Å²) in [6, 6.07) is 0. The van der Waals surface area contributed by atoms with Crippen LogP contribution in [0.1, 0.15) is 44.9 Å². The first-order valence-corrected chi connectivity index (χ1v) is 5.89. The molecule has 3 rings (SSSR count). The van der Waals surface area contributed by atoms with Crippen LogP contribution in [0.2, 0.25) is 0 Å². The van der Waals surface area contributed by atoms with E-state index in [-0.39, 0.29) is 0 Å². The Morgan fingerprint density at radius 1 is 0.923 bits per heavy atom. The van der Waals surface area contributed by atoms with E-state index >= 15 is 0 Å². The minimum atomic E-state index is 0.499. The number of ketones is 1. The SMILES string of the molecule is O=C1C[C@H]2CCC[C@H]2[C@H]2CCC[C@H]12. The zero-order valence-electron chi connectivity index (χ0n) is 8.17. The second kappa shape index (κ2) is 2.83. The van der Waals surface area contributed by atoms with Gasteiger partial charge in [-0.15, -0.1) is 0 Å². The molecule has 3 fully saturated rings. The highest BCUT2D eigenvalue weighted by molar-refractivity contribution is 5.82. The smallest absolute Gasteiger partial charge is 0.136 e. The lowest BCUT2D eigenvalue weighted by Gasteiger charge is -2.35. The maximum absolute atomic E-state index is 11.8. The molecule has 0 N–H and O–H groups in total. The largest absolute Gasteiger partial charge is 0.299 e. The Labute approximate surface area is 79.9 Å². The highest BCUT2D eigenvalue weighted by Gasteiger charge is 2.47. The molecule has 0 spiro atoms. The number of Topliss-reactive ketones (excluding diaryl/α,β-unsaturated/α-hetero) is 1. The maximum Gasteiger partial charge on any atom is 0.136 e. The average molecular weight is 178 g/mol. The minimum Gasteiger partial charge on any atom is -0.299 e. The molecule has 3 aliphatic rings. The van der Waals surface area contributed by atoms with Crippen LogP contribution in [0.15, 0.2) is 0 Å². The lowest BCUT2D eigenvalue weighted by molar-refractivity contribution is -0.129. The third-order valence-electron chi connectivity index (χ3n) is 4.71. The summed E-state index contributed by atoms with van der Waals surface area (Å²) in [7, 11) is 0. The van der Waals surface area contributed by atoms with Crippen molar-refractivity contribution in [2.24, 2.45) is 23.7 Å². The minimum absolute atomic E-state index is 0.499. The highest BCUT2D eigenvalue weighted by Crippen LogP contribution is 2.52. The number of carbonyl (C=O) groups is 1. The van der Waals surface area contributed by atoms with Crippen LogP contribution >= 0.6 is 0 Å². The van der Waals surface area contributed by atoms with Crippen LogP contribution in [0.5, 0.6) is 0 Å². The maximum atomic E-state index is 11.8.